The molecule has 2 N–H and O–H groups in total. The monoisotopic (exact) mass is 187 g/mol. The van der Waals surface area contributed by atoms with E-state index in [0.29, 0.717) is 6.54 Å². The number of rotatable bonds is 7. The summed E-state index contributed by atoms with van der Waals surface area (Å²) in [6.45, 7) is 4.59. The maximum Gasteiger partial charge on any atom is 0.308 e. The third-order valence-corrected chi connectivity index (χ3v) is 1.70. The first-order valence-electron chi connectivity index (χ1n) is 4.50. The molecule has 0 aromatic heterocycles. The lowest BCUT2D eigenvalue weighted by molar-refractivity contribution is -0.143. The Bertz CT molecular complexity index is 180. The van der Waals surface area contributed by atoms with Crippen molar-refractivity contribution in [1.82, 2.24) is 5.32 Å². The maximum absolute atomic E-state index is 10.7. The number of hydrogen-bond donors (Lipinski definition) is 2. The third-order valence-electron chi connectivity index (χ3n) is 1.70. The van der Waals surface area contributed by atoms with E-state index in [9.17, 15) is 9.59 Å². The Morgan fingerprint density at radius 1 is 1.46 bits per heavy atom. The minimum absolute atomic E-state index is 0.0781. The molecule has 4 nitrogen and oxygen atoms in total. The van der Waals surface area contributed by atoms with Crippen molar-refractivity contribution >= 4 is 11.8 Å². The van der Waals surface area contributed by atoms with E-state index < -0.39 is 11.9 Å². The Balaban J connectivity index is 3.81. The van der Waals surface area contributed by atoms with E-state index in [1.54, 1.807) is 0 Å². The average molecular weight is 187 g/mol. The molecule has 0 aromatic rings. The molecule has 0 bridgehead atoms. The van der Waals surface area contributed by atoms with Gasteiger partial charge in [0.2, 0.25) is 0 Å². The summed E-state index contributed by atoms with van der Waals surface area (Å²) in [7, 11) is 0. The molecule has 0 saturated carbocycles. The van der Waals surface area contributed by atoms with Gasteiger partial charge in [-0.25, -0.2) is 0 Å². The predicted molar refractivity (Wildman–Crippen MR) is 49.6 cm³/mol. The minimum atomic E-state index is -0.904. The lowest BCUT2D eigenvalue weighted by Gasteiger charge is -2.10. The highest BCUT2D eigenvalue weighted by atomic mass is 16.4. The molecule has 0 aliphatic heterocycles. The van der Waals surface area contributed by atoms with Crippen LogP contribution in [0, 0.1) is 5.92 Å². The van der Waals surface area contributed by atoms with Gasteiger partial charge in [-0.1, -0.05) is 6.92 Å². The summed E-state index contributed by atoms with van der Waals surface area (Å²) in [5, 5.41) is 11.7. The molecule has 0 rings (SSSR count). The fraction of sp³-hybridized carbons (Fsp3) is 0.778. The van der Waals surface area contributed by atoms with E-state index in [0.717, 1.165) is 13.0 Å². The number of carbonyl (C=O) groups is 2. The number of carbonyl (C=O) groups excluding carboxylic acids is 1. The summed E-state index contributed by atoms with van der Waals surface area (Å²) in [6.07, 6.45) is 1.08. The Morgan fingerprint density at radius 2 is 2.08 bits per heavy atom. The van der Waals surface area contributed by atoms with Crippen molar-refractivity contribution in [3.8, 4) is 0 Å². The summed E-state index contributed by atoms with van der Waals surface area (Å²) in [5.74, 6) is -1.56. The van der Waals surface area contributed by atoms with Gasteiger partial charge >= 0.3 is 5.97 Å². The second-order valence-electron chi connectivity index (χ2n) is 3.15. The Hall–Kier alpha value is -0.900. The van der Waals surface area contributed by atoms with Crippen LogP contribution in [0.25, 0.3) is 0 Å². The molecule has 76 valence electrons. The molecule has 0 aromatic carbocycles. The van der Waals surface area contributed by atoms with Gasteiger partial charge in [0.25, 0.3) is 0 Å². The largest absolute Gasteiger partial charge is 0.481 e. The van der Waals surface area contributed by atoms with Crippen molar-refractivity contribution in [2.75, 3.05) is 13.1 Å². The highest BCUT2D eigenvalue weighted by Crippen LogP contribution is 2.02. The van der Waals surface area contributed by atoms with E-state index in [4.69, 9.17) is 5.11 Å². The van der Waals surface area contributed by atoms with Crippen LogP contribution in [0.5, 0.6) is 0 Å². The van der Waals surface area contributed by atoms with E-state index in [-0.39, 0.29) is 12.2 Å². The van der Waals surface area contributed by atoms with Crippen molar-refractivity contribution in [2.45, 2.75) is 26.7 Å². The highest BCUT2D eigenvalue weighted by molar-refractivity contribution is 5.82. The molecule has 0 radical (unpaired) electrons. The number of hydrogen-bond acceptors (Lipinski definition) is 3. The van der Waals surface area contributed by atoms with Crippen molar-refractivity contribution in [3.63, 3.8) is 0 Å². The number of aliphatic carboxylic acids is 1. The first-order chi connectivity index (χ1) is 6.07. The molecule has 0 fully saturated rings. The van der Waals surface area contributed by atoms with Gasteiger partial charge in [-0.2, -0.15) is 0 Å². The molecule has 0 aliphatic carbocycles. The number of ketones is 1. The second kappa shape index (κ2) is 6.60. The number of carboxylic acid groups (broad SMARTS) is 1. The van der Waals surface area contributed by atoms with Crippen molar-refractivity contribution < 1.29 is 14.7 Å². The van der Waals surface area contributed by atoms with Gasteiger partial charge in [-0.3, -0.25) is 4.79 Å². The third kappa shape index (κ3) is 6.28. The van der Waals surface area contributed by atoms with E-state index >= 15 is 0 Å². The summed E-state index contributed by atoms with van der Waals surface area (Å²) in [6, 6.07) is 0. The maximum atomic E-state index is 10.7. The Morgan fingerprint density at radius 3 is 2.46 bits per heavy atom. The minimum Gasteiger partial charge on any atom is -0.481 e. The Kier molecular flexibility index (Phi) is 6.14. The molecule has 4 heteroatoms. The topological polar surface area (TPSA) is 66.4 Å². The molecule has 0 spiro atoms. The fourth-order valence-electron chi connectivity index (χ4n) is 1.05. The van der Waals surface area contributed by atoms with Crippen LogP contribution in [-0.2, 0) is 9.59 Å². The molecule has 0 heterocycles. The lowest BCUT2D eigenvalue weighted by atomic mass is 10.0. The normalized spacial score (nSPS) is 12.5. The van der Waals surface area contributed by atoms with Crippen LogP contribution < -0.4 is 5.32 Å². The number of nitrogens with one attached hydrogen (secondary N) is 1. The zero-order valence-corrected chi connectivity index (χ0v) is 8.17. The van der Waals surface area contributed by atoms with Gasteiger partial charge in [-0.05, 0) is 19.9 Å². The first kappa shape index (κ1) is 12.1. The van der Waals surface area contributed by atoms with Crippen molar-refractivity contribution in [2.24, 2.45) is 5.92 Å². The van der Waals surface area contributed by atoms with Gasteiger partial charge in [0, 0.05) is 13.0 Å². The first-order valence-corrected chi connectivity index (χ1v) is 4.50. The summed E-state index contributed by atoms with van der Waals surface area (Å²) < 4.78 is 0. The lowest BCUT2D eigenvalue weighted by Crippen LogP contribution is -2.30. The van der Waals surface area contributed by atoms with Crippen LogP contribution >= 0.6 is 0 Å². The van der Waals surface area contributed by atoms with Gasteiger partial charge in [0.05, 0.1) is 5.92 Å². The average Bonchev–Trinajstić information content (AvgIpc) is 2.02. The molecule has 0 aliphatic rings. The standard InChI is InChI=1S/C9H17NO3/c1-3-4-10-6-8(9(12)13)5-7(2)11/h8,10H,3-6H2,1-2H3,(H,12,13). The Labute approximate surface area is 78.3 Å². The zero-order valence-electron chi connectivity index (χ0n) is 8.17. The quantitative estimate of drug-likeness (QED) is 0.575. The van der Waals surface area contributed by atoms with Gasteiger partial charge < -0.3 is 15.2 Å². The van der Waals surface area contributed by atoms with Crippen LogP contribution in [0.4, 0.5) is 0 Å². The predicted octanol–water partition coefficient (Wildman–Crippen LogP) is 0.666. The van der Waals surface area contributed by atoms with Crippen LogP contribution in [0.15, 0.2) is 0 Å². The van der Waals surface area contributed by atoms with Gasteiger partial charge in [0.15, 0.2) is 0 Å². The number of Topliss-reactive ketones (excluding diaryl/α,β-unsaturated/α-hetero) is 1. The van der Waals surface area contributed by atoms with E-state index in [1.165, 1.54) is 6.92 Å². The van der Waals surface area contributed by atoms with Crippen molar-refractivity contribution in [3.05, 3.63) is 0 Å². The van der Waals surface area contributed by atoms with Crippen LogP contribution in [-0.4, -0.2) is 29.9 Å². The second-order valence-corrected chi connectivity index (χ2v) is 3.15. The highest BCUT2D eigenvalue weighted by Gasteiger charge is 2.18. The van der Waals surface area contributed by atoms with E-state index in [1.807, 2.05) is 6.92 Å². The SMILES string of the molecule is CCCNCC(CC(C)=O)C(=O)O. The fourth-order valence-corrected chi connectivity index (χ4v) is 1.05. The molecule has 1 atom stereocenters. The number of carboxylic acids is 1. The van der Waals surface area contributed by atoms with Crippen LogP contribution in [0.1, 0.15) is 26.7 Å². The van der Waals surface area contributed by atoms with Gasteiger partial charge in [0.1, 0.15) is 5.78 Å². The van der Waals surface area contributed by atoms with Gasteiger partial charge in [-0.15, -0.1) is 0 Å². The van der Waals surface area contributed by atoms with Crippen molar-refractivity contribution in [1.29, 1.82) is 0 Å². The van der Waals surface area contributed by atoms with Crippen LogP contribution in [0.2, 0.25) is 0 Å². The summed E-state index contributed by atoms with van der Waals surface area (Å²) >= 11 is 0. The van der Waals surface area contributed by atoms with E-state index in [2.05, 4.69) is 5.32 Å². The molecule has 0 saturated heterocycles. The molecular weight excluding hydrogens is 170 g/mol. The zero-order chi connectivity index (χ0) is 10.3. The van der Waals surface area contributed by atoms with Crippen LogP contribution in [0.3, 0.4) is 0 Å². The molecule has 1 unspecified atom stereocenters. The summed E-state index contributed by atoms with van der Waals surface area (Å²) in [5.41, 5.74) is 0. The molecule has 13 heavy (non-hydrogen) atoms. The summed E-state index contributed by atoms with van der Waals surface area (Å²) in [4.78, 5) is 21.3. The smallest absolute Gasteiger partial charge is 0.308 e. The molecule has 0 amide bonds. The molecular formula is C9H17NO3.